The molecule has 2 aromatic rings. The number of nitrogens with two attached hydrogens (primary N) is 1. The van der Waals surface area contributed by atoms with Gasteiger partial charge in [0.15, 0.2) is 0 Å². The average molecular weight is 284 g/mol. The molecule has 3 rings (SSSR count). The maximum Gasteiger partial charge on any atom is 0.270 e. The van der Waals surface area contributed by atoms with E-state index >= 15 is 0 Å². The van der Waals surface area contributed by atoms with Crippen LogP contribution in [0.3, 0.4) is 0 Å². The molecule has 0 spiro atoms. The Morgan fingerprint density at radius 1 is 1.38 bits per heavy atom. The van der Waals surface area contributed by atoms with Crippen molar-refractivity contribution in [2.24, 2.45) is 11.8 Å². The molecule has 1 aliphatic rings. The number of hydrogen-bond acceptors (Lipinski definition) is 4. The predicted octanol–water partition coefficient (Wildman–Crippen LogP) is 2.44. The number of nitrogen functional groups attached to an aromatic ring is 1. The number of benzene rings is 1. The van der Waals surface area contributed by atoms with Gasteiger partial charge in [-0.1, -0.05) is 30.7 Å². The maximum atomic E-state index is 12.4. The lowest BCUT2D eigenvalue weighted by Crippen LogP contribution is -2.41. The molecule has 0 radical (unpaired) electrons. The van der Waals surface area contributed by atoms with Crippen LogP contribution in [0.4, 0.5) is 5.82 Å². The van der Waals surface area contributed by atoms with Crippen molar-refractivity contribution < 1.29 is 4.79 Å². The molecule has 1 fully saturated rings. The lowest BCUT2D eigenvalue weighted by molar-refractivity contribution is 0.0904. The number of carbonyl (C=O) groups is 1. The van der Waals surface area contributed by atoms with Gasteiger partial charge in [0.2, 0.25) is 0 Å². The van der Waals surface area contributed by atoms with Crippen LogP contribution in [0.1, 0.15) is 36.7 Å². The molecule has 1 aliphatic carbocycles. The van der Waals surface area contributed by atoms with Gasteiger partial charge in [0, 0.05) is 11.4 Å². The average Bonchev–Trinajstić information content (AvgIpc) is 2.44. The van der Waals surface area contributed by atoms with E-state index in [1.165, 1.54) is 19.3 Å². The van der Waals surface area contributed by atoms with Crippen molar-refractivity contribution >= 4 is 22.5 Å². The van der Waals surface area contributed by atoms with Gasteiger partial charge in [-0.3, -0.25) is 4.79 Å². The normalized spacial score (nSPS) is 16.3. The van der Waals surface area contributed by atoms with Crippen LogP contribution in [0.25, 0.3) is 10.8 Å². The molecule has 21 heavy (non-hydrogen) atoms. The molecule has 0 aliphatic heterocycles. The van der Waals surface area contributed by atoms with Gasteiger partial charge in [0.1, 0.15) is 11.5 Å². The number of aromatic nitrogens is 1. The number of pyridine rings is 1. The summed E-state index contributed by atoms with van der Waals surface area (Å²) < 4.78 is 0. The van der Waals surface area contributed by atoms with Gasteiger partial charge >= 0.3 is 0 Å². The number of nitrogens with zero attached hydrogens (tertiary/aromatic N) is 1. The van der Waals surface area contributed by atoms with Gasteiger partial charge in [-0.05, 0) is 37.1 Å². The molecule has 5 nitrogen and oxygen atoms in total. The first-order chi connectivity index (χ1) is 10.2. The molecular weight excluding hydrogens is 264 g/mol. The minimum absolute atomic E-state index is 0.142. The quantitative estimate of drug-likeness (QED) is 0.595. The van der Waals surface area contributed by atoms with Crippen LogP contribution in [-0.2, 0) is 0 Å². The van der Waals surface area contributed by atoms with Gasteiger partial charge < -0.3 is 10.7 Å². The van der Waals surface area contributed by atoms with Crippen molar-refractivity contribution in [3.05, 3.63) is 36.0 Å². The monoisotopic (exact) mass is 284 g/mol. The number of anilines is 1. The van der Waals surface area contributed by atoms with Crippen LogP contribution in [0.15, 0.2) is 30.3 Å². The molecule has 110 valence electrons. The Morgan fingerprint density at radius 3 is 2.81 bits per heavy atom. The second-order valence-electron chi connectivity index (χ2n) is 5.67. The molecule has 1 unspecified atom stereocenters. The second-order valence-corrected chi connectivity index (χ2v) is 5.67. The largest absolute Gasteiger partial charge is 0.348 e. The number of carbonyl (C=O) groups excluding carboxylic acids is 1. The summed E-state index contributed by atoms with van der Waals surface area (Å²) in [4.78, 5) is 16.7. The Hall–Kier alpha value is -2.14. The lowest BCUT2D eigenvalue weighted by atomic mass is 9.80. The number of rotatable bonds is 4. The fourth-order valence-electron chi connectivity index (χ4n) is 2.76. The van der Waals surface area contributed by atoms with E-state index in [9.17, 15) is 4.79 Å². The minimum atomic E-state index is -0.142. The third-order valence-corrected chi connectivity index (χ3v) is 4.33. The first kappa shape index (κ1) is 13.8. The minimum Gasteiger partial charge on any atom is -0.348 e. The highest BCUT2D eigenvalue weighted by Crippen LogP contribution is 2.29. The molecule has 0 bridgehead atoms. The van der Waals surface area contributed by atoms with Gasteiger partial charge in [0.25, 0.3) is 5.91 Å². The van der Waals surface area contributed by atoms with Crippen molar-refractivity contribution in [1.29, 1.82) is 0 Å². The van der Waals surface area contributed by atoms with Crippen molar-refractivity contribution in [1.82, 2.24) is 10.3 Å². The number of hydrazine groups is 1. The highest BCUT2D eigenvalue weighted by atomic mass is 16.1. The van der Waals surface area contributed by atoms with Crippen molar-refractivity contribution in [2.75, 3.05) is 5.43 Å². The first-order valence-electron chi connectivity index (χ1n) is 7.36. The van der Waals surface area contributed by atoms with Crippen LogP contribution in [0, 0.1) is 5.92 Å². The van der Waals surface area contributed by atoms with E-state index in [4.69, 9.17) is 5.84 Å². The zero-order chi connectivity index (χ0) is 14.8. The smallest absolute Gasteiger partial charge is 0.270 e. The molecule has 1 amide bonds. The van der Waals surface area contributed by atoms with E-state index in [0.717, 1.165) is 10.8 Å². The predicted molar refractivity (Wildman–Crippen MR) is 83.8 cm³/mol. The van der Waals surface area contributed by atoms with Gasteiger partial charge in [-0.15, -0.1) is 0 Å². The molecule has 1 saturated carbocycles. The van der Waals surface area contributed by atoms with Gasteiger partial charge in [-0.25, -0.2) is 10.8 Å². The summed E-state index contributed by atoms with van der Waals surface area (Å²) in [6.45, 7) is 2.06. The summed E-state index contributed by atoms with van der Waals surface area (Å²) >= 11 is 0. The number of amides is 1. The summed E-state index contributed by atoms with van der Waals surface area (Å²) in [6.07, 6.45) is 3.66. The molecule has 1 aromatic heterocycles. The van der Waals surface area contributed by atoms with E-state index in [-0.39, 0.29) is 11.9 Å². The Morgan fingerprint density at radius 2 is 2.14 bits per heavy atom. The van der Waals surface area contributed by atoms with E-state index in [1.807, 2.05) is 24.3 Å². The van der Waals surface area contributed by atoms with Gasteiger partial charge in [0.05, 0.1) is 0 Å². The van der Waals surface area contributed by atoms with E-state index < -0.39 is 0 Å². The third kappa shape index (κ3) is 2.69. The number of fused-ring (bicyclic) bond motifs is 1. The van der Waals surface area contributed by atoms with Crippen LogP contribution in [0.2, 0.25) is 0 Å². The highest BCUT2D eigenvalue weighted by Gasteiger charge is 2.25. The fraction of sp³-hybridized carbons (Fsp3) is 0.375. The molecule has 1 aromatic carbocycles. The van der Waals surface area contributed by atoms with E-state index in [0.29, 0.717) is 17.4 Å². The summed E-state index contributed by atoms with van der Waals surface area (Å²) in [7, 11) is 0. The summed E-state index contributed by atoms with van der Waals surface area (Å²) in [5.74, 6) is 6.50. The topological polar surface area (TPSA) is 80.0 Å². The molecule has 0 saturated heterocycles. The molecule has 1 atom stereocenters. The molecule has 1 heterocycles. The molecular formula is C16H20N4O. The Kier molecular flexibility index (Phi) is 3.75. The second kappa shape index (κ2) is 5.69. The SMILES string of the molecule is CC(NC(=O)c1cc2ccccc2c(NN)n1)C1CCC1. The zero-order valence-electron chi connectivity index (χ0n) is 12.1. The van der Waals surface area contributed by atoms with Gasteiger partial charge in [-0.2, -0.15) is 0 Å². The Bertz CT molecular complexity index is 666. The summed E-state index contributed by atoms with van der Waals surface area (Å²) in [5, 5.41) is 4.90. The maximum absolute atomic E-state index is 12.4. The third-order valence-electron chi connectivity index (χ3n) is 4.33. The van der Waals surface area contributed by atoms with Crippen molar-refractivity contribution in [3.8, 4) is 0 Å². The Balaban J connectivity index is 1.87. The number of nitrogens with one attached hydrogen (secondary N) is 2. The fourth-order valence-corrected chi connectivity index (χ4v) is 2.76. The molecule has 5 heteroatoms. The van der Waals surface area contributed by atoms with Crippen LogP contribution >= 0.6 is 0 Å². The summed E-state index contributed by atoms with van der Waals surface area (Å²) in [5.41, 5.74) is 2.97. The van der Waals surface area contributed by atoms with Crippen LogP contribution in [-0.4, -0.2) is 16.9 Å². The lowest BCUT2D eigenvalue weighted by Gasteiger charge is -2.31. The molecule has 4 N–H and O–H groups in total. The van der Waals surface area contributed by atoms with Crippen molar-refractivity contribution in [2.45, 2.75) is 32.2 Å². The van der Waals surface area contributed by atoms with E-state index in [2.05, 4.69) is 22.7 Å². The first-order valence-corrected chi connectivity index (χ1v) is 7.36. The van der Waals surface area contributed by atoms with Crippen LogP contribution < -0.4 is 16.6 Å². The zero-order valence-corrected chi connectivity index (χ0v) is 12.1. The number of hydrogen-bond donors (Lipinski definition) is 3. The Labute approximate surface area is 123 Å². The standard InChI is InChI=1S/C16H20N4O/c1-10(11-6-4-7-11)18-16(21)14-9-12-5-2-3-8-13(12)15(19-14)20-17/h2-3,5,8-11H,4,6-7,17H2,1H3,(H,18,21)(H,19,20). The van der Waals surface area contributed by atoms with Crippen molar-refractivity contribution in [3.63, 3.8) is 0 Å². The summed E-state index contributed by atoms with van der Waals surface area (Å²) in [6, 6.07) is 9.72. The van der Waals surface area contributed by atoms with E-state index in [1.54, 1.807) is 6.07 Å². The van der Waals surface area contributed by atoms with Crippen LogP contribution in [0.5, 0.6) is 0 Å². The highest BCUT2D eigenvalue weighted by molar-refractivity contribution is 6.00.